The Morgan fingerprint density at radius 2 is 1.71 bits per heavy atom. The minimum absolute atomic E-state index is 0.0323. The van der Waals surface area contributed by atoms with E-state index in [1.54, 1.807) is 0 Å². The van der Waals surface area contributed by atoms with E-state index >= 15 is 0 Å². The minimum atomic E-state index is -0.491. The normalized spacial score (nSPS) is 15.6. The van der Waals surface area contributed by atoms with Crippen molar-refractivity contribution in [1.82, 2.24) is 4.90 Å². The summed E-state index contributed by atoms with van der Waals surface area (Å²) in [4.78, 5) is 23.8. The molecule has 1 N–H and O–H groups in total. The summed E-state index contributed by atoms with van der Waals surface area (Å²) in [5, 5.41) is 7.64. The molecule has 2 aromatic carbocycles. The van der Waals surface area contributed by atoms with E-state index in [2.05, 4.69) is 25.8 Å². The van der Waals surface area contributed by atoms with Crippen LogP contribution in [0.1, 0.15) is 51.7 Å². The summed E-state index contributed by atoms with van der Waals surface area (Å²) in [6.45, 7) is 12.4. The van der Waals surface area contributed by atoms with E-state index < -0.39 is 11.6 Å². The summed E-state index contributed by atoms with van der Waals surface area (Å²) >= 11 is 6.17. The van der Waals surface area contributed by atoms with Gasteiger partial charge in [0.05, 0.1) is 0 Å². The Morgan fingerprint density at radius 3 is 2.15 bits per heavy atom. The third kappa shape index (κ3) is 8.69. The molecule has 1 aliphatic heterocycles. The summed E-state index contributed by atoms with van der Waals surface area (Å²) in [5.74, 6) is -0.981. The van der Waals surface area contributed by atoms with E-state index in [-0.39, 0.29) is 17.5 Å². The highest BCUT2D eigenvalue weighted by atomic mass is 35.5. The summed E-state index contributed by atoms with van der Waals surface area (Å²) < 4.78 is 24.7. The van der Waals surface area contributed by atoms with Crippen LogP contribution in [0, 0.1) is 18.6 Å². The molecule has 34 heavy (non-hydrogen) atoms. The molecule has 0 saturated heterocycles. The molecule has 0 fully saturated rings. The van der Waals surface area contributed by atoms with E-state index in [0.717, 1.165) is 49.6 Å². The molecule has 1 heterocycles. The number of halogens is 3. The number of carbonyl (C=O) groups excluding carboxylic acids is 1. The van der Waals surface area contributed by atoms with Gasteiger partial charge in [-0.15, -0.1) is 0 Å². The van der Waals surface area contributed by atoms with E-state index in [4.69, 9.17) is 21.5 Å². The molecule has 2 aromatic rings. The molecule has 0 radical (unpaired) electrons. The molecule has 1 amide bonds. The van der Waals surface area contributed by atoms with Crippen molar-refractivity contribution in [2.45, 2.75) is 52.9 Å². The maximum absolute atomic E-state index is 12.3. The number of carbonyl (C=O) groups is 2. The zero-order valence-electron chi connectivity index (χ0n) is 20.9. The molecule has 1 atom stereocenters. The van der Waals surface area contributed by atoms with Crippen LogP contribution < -0.4 is 4.90 Å². The van der Waals surface area contributed by atoms with E-state index in [1.165, 1.54) is 30.7 Å². The molecule has 1 aliphatic rings. The van der Waals surface area contributed by atoms with Crippen LogP contribution in [0.2, 0.25) is 5.02 Å². The lowest BCUT2D eigenvalue weighted by Gasteiger charge is -2.30. The van der Waals surface area contributed by atoms with Crippen LogP contribution in [0.25, 0.3) is 0 Å². The van der Waals surface area contributed by atoms with Crippen molar-refractivity contribution in [1.29, 1.82) is 0 Å². The molecule has 1 unspecified atom stereocenters. The number of nitrogens with zero attached hydrogens (tertiary/aromatic N) is 2. The largest absolute Gasteiger partial charge is 0.483 e. The first-order valence-corrected chi connectivity index (χ1v) is 11.8. The van der Waals surface area contributed by atoms with Gasteiger partial charge in [-0.3, -0.25) is 9.59 Å². The van der Waals surface area contributed by atoms with Gasteiger partial charge in [-0.05, 0) is 75.8 Å². The van der Waals surface area contributed by atoms with Crippen LogP contribution in [0.5, 0.6) is 0 Å². The monoisotopic (exact) mass is 498 g/mol. The first-order valence-electron chi connectivity index (χ1n) is 11.4. The SMILES string of the molecule is CC.CCN(C)CCC1(CC)CN(C=O)c2ccc(Cl)cc21.Cc1c(F)cccc1F.O=CO. The maximum atomic E-state index is 12.3. The summed E-state index contributed by atoms with van der Waals surface area (Å²) in [6, 6.07) is 9.68. The zero-order valence-corrected chi connectivity index (χ0v) is 21.7. The van der Waals surface area contributed by atoms with Crippen LogP contribution in [0.4, 0.5) is 14.5 Å². The Morgan fingerprint density at radius 1 is 1.15 bits per heavy atom. The number of fused-ring (bicyclic) bond motifs is 1. The fraction of sp³-hybridized carbons (Fsp3) is 0.462. The van der Waals surface area contributed by atoms with Gasteiger partial charge in [0.15, 0.2) is 0 Å². The molecule has 0 saturated carbocycles. The maximum Gasteiger partial charge on any atom is 0.290 e. The van der Waals surface area contributed by atoms with Crippen molar-refractivity contribution in [2.24, 2.45) is 0 Å². The summed E-state index contributed by atoms with van der Waals surface area (Å²) in [6.07, 6.45) is 3.00. The van der Waals surface area contributed by atoms with Gasteiger partial charge >= 0.3 is 0 Å². The van der Waals surface area contributed by atoms with Gasteiger partial charge < -0.3 is 14.9 Å². The average molecular weight is 499 g/mol. The molecular formula is C26H37ClF2N2O3. The Kier molecular flexibility index (Phi) is 15.0. The number of hydrogen-bond acceptors (Lipinski definition) is 3. The van der Waals surface area contributed by atoms with Gasteiger partial charge in [-0.25, -0.2) is 8.78 Å². The lowest BCUT2D eigenvalue weighted by Crippen LogP contribution is -2.36. The Labute approximate surface area is 207 Å². The smallest absolute Gasteiger partial charge is 0.290 e. The molecule has 5 nitrogen and oxygen atoms in total. The third-order valence-corrected chi connectivity index (χ3v) is 6.07. The molecule has 3 rings (SSSR count). The van der Waals surface area contributed by atoms with Gasteiger partial charge in [0, 0.05) is 28.2 Å². The highest BCUT2D eigenvalue weighted by molar-refractivity contribution is 6.30. The van der Waals surface area contributed by atoms with E-state index in [9.17, 15) is 13.6 Å². The standard InChI is InChI=1S/C16H23ClN2O.C7H6F2.C2H6.CH2O2/c1-4-16(8-9-18(3)5-2)11-19(12-20)15-7-6-13(17)10-14(15)16;1-5-6(8)3-2-4-7(5)9;1-2;2-1-3/h6-7,10,12H,4-5,8-9,11H2,1-3H3;2-4H,1H3;1-2H3;1H,(H,2,3). The topological polar surface area (TPSA) is 60.9 Å². The number of anilines is 1. The van der Waals surface area contributed by atoms with Crippen LogP contribution in [0.3, 0.4) is 0 Å². The Balaban J connectivity index is 0.000000645. The van der Waals surface area contributed by atoms with Gasteiger partial charge in [0.25, 0.3) is 6.47 Å². The minimum Gasteiger partial charge on any atom is -0.483 e. The van der Waals surface area contributed by atoms with Crippen molar-refractivity contribution in [2.75, 3.05) is 31.6 Å². The lowest BCUT2D eigenvalue weighted by molar-refractivity contribution is -0.122. The second-order valence-electron chi connectivity index (χ2n) is 7.63. The molecule has 190 valence electrons. The molecule has 0 spiro atoms. The molecule has 0 bridgehead atoms. The molecule has 8 heteroatoms. The number of carboxylic acid groups (broad SMARTS) is 1. The number of rotatable bonds is 6. The number of hydrogen-bond donors (Lipinski definition) is 1. The first-order chi connectivity index (χ1) is 16.2. The Hall–Kier alpha value is -2.51. The lowest BCUT2D eigenvalue weighted by atomic mass is 9.77. The average Bonchev–Trinajstić information content (AvgIpc) is 3.16. The van der Waals surface area contributed by atoms with Gasteiger partial charge in [-0.2, -0.15) is 0 Å². The fourth-order valence-corrected chi connectivity index (χ4v) is 3.78. The summed E-state index contributed by atoms with van der Waals surface area (Å²) in [7, 11) is 2.13. The highest BCUT2D eigenvalue weighted by Crippen LogP contribution is 2.45. The molecular weight excluding hydrogens is 462 g/mol. The van der Waals surface area contributed by atoms with Crippen LogP contribution in [-0.4, -0.2) is 49.6 Å². The Bertz CT molecular complexity index is 878. The molecule has 0 aliphatic carbocycles. The van der Waals surface area contributed by atoms with Crippen molar-refractivity contribution in [3.63, 3.8) is 0 Å². The number of benzene rings is 2. The quantitative estimate of drug-likeness (QED) is 0.474. The van der Waals surface area contributed by atoms with Crippen molar-refractivity contribution in [3.8, 4) is 0 Å². The predicted molar refractivity (Wildman–Crippen MR) is 136 cm³/mol. The van der Waals surface area contributed by atoms with Gasteiger partial charge in [-0.1, -0.05) is 45.4 Å². The summed E-state index contributed by atoms with van der Waals surface area (Å²) in [5.41, 5.74) is 2.36. The van der Waals surface area contributed by atoms with E-state index in [1.807, 2.05) is 36.9 Å². The van der Waals surface area contributed by atoms with Crippen LogP contribution >= 0.6 is 11.6 Å². The molecule has 0 aromatic heterocycles. The van der Waals surface area contributed by atoms with Gasteiger partial charge in [0.1, 0.15) is 11.6 Å². The van der Waals surface area contributed by atoms with Crippen LogP contribution in [0.15, 0.2) is 36.4 Å². The van der Waals surface area contributed by atoms with Crippen LogP contribution in [-0.2, 0) is 15.0 Å². The second-order valence-corrected chi connectivity index (χ2v) is 8.06. The van der Waals surface area contributed by atoms with Crippen molar-refractivity contribution in [3.05, 3.63) is 64.2 Å². The third-order valence-electron chi connectivity index (χ3n) is 5.83. The van der Waals surface area contributed by atoms with Crippen molar-refractivity contribution >= 4 is 30.2 Å². The zero-order chi connectivity index (χ0) is 26.3. The van der Waals surface area contributed by atoms with E-state index in [0.29, 0.717) is 0 Å². The number of amides is 1. The predicted octanol–water partition coefficient (Wildman–Crippen LogP) is 6.31. The highest BCUT2D eigenvalue weighted by Gasteiger charge is 2.41. The second kappa shape index (κ2) is 16.2. The van der Waals surface area contributed by atoms with Gasteiger partial charge in [0.2, 0.25) is 6.41 Å². The first kappa shape index (κ1) is 31.5. The van der Waals surface area contributed by atoms with Crippen molar-refractivity contribution < 1.29 is 23.5 Å². The fourth-order valence-electron chi connectivity index (χ4n) is 3.61.